The van der Waals surface area contributed by atoms with Crippen LogP contribution in [-0.4, -0.2) is 55.3 Å². The third-order valence-corrected chi connectivity index (χ3v) is 10.8. The highest BCUT2D eigenvalue weighted by Gasteiger charge is 2.76. The number of halogens is 3. The first-order valence-corrected chi connectivity index (χ1v) is 13.8. The summed E-state index contributed by atoms with van der Waals surface area (Å²) < 4.78 is 0. The van der Waals surface area contributed by atoms with Gasteiger partial charge in [-0.3, -0.25) is 29.0 Å². The van der Waals surface area contributed by atoms with Crippen molar-refractivity contribution in [3.63, 3.8) is 0 Å². The van der Waals surface area contributed by atoms with Crippen LogP contribution in [-0.2, 0) is 25.7 Å². The topological polar surface area (TPSA) is 95.0 Å². The highest BCUT2D eigenvalue weighted by molar-refractivity contribution is 7.09. The molecule has 1 aromatic heterocycles. The van der Waals surface area contributed by atoms with E-state index in [1.807, 2.05) is 23.6 Å². The number of hydrogen-bond donors (Lipinski definition) is 1. The number of amides is 4. The van der Waals surface area contributed by atoms with Gasteiger partial charge in [-0.1, -0.05) is 29.3 Å². The van der Waals surface area contributed by atoms with Crippen molar-refractivity contribution >= 4 is 69.8 Å². The van der Waals surface area contributed by atoms with Crippen LogP contribution in [0.3, 0.4) is 0 Å². The summed E-state index contributed by atoms with van der Waals surface area (Å²) >= 11 is 21.9. The molecule has 3 heterocycles. The first-order valence-electron chi connectivity index (χ1n) is 11.8. The number of phenolic OH excluding ortho intramolecular Hbond substituents is 1. The average Bonchev–Trinajstić information content (AvgIpc) is 3.50. The number of carbonyl (C=O) groups excluding carboxylic acids is 4. The summed E-state index contributed by atoms with van der Waals surface area (Å²) in [5.74, 6) is -5.17. The van der Waals surface area contributed by atoms with E-state index in [4.69, 9.17) is 34.8 Å². The Morgan fingerprint density at radius 1 is 1.08 bits per heavy atom. The van der Waals surface area contributed by atoms with Crippen molar-refractivity contribution in [1.82, 2.24) is 9.80 Å². The van der Waals surface area contributed by atoms with Gasteiger partial charge in [0.05, 0.1) is 18.4 Å². The largest absolute Gasteiger partial charge is 0.508 e. The molecular formula is C26H21Cl3N2O5S. The molecule has 1 saturated carbocycles. The van der Waals surface area contributed by atoms with Gasteiger partial charge in [0.25, 0.3) is 11.8 Å². The van der Waals surface area contributed by atoms with Crippen LogP contribution in [0.4, 0.5) is 0 Å². The van der Waals surface area contributed by atoms with E-state index >= 15 is 0 Å². The monoisotopic (exact) mass is 578 g/mol. The van der Waals surface area contributed by atoms with E-state index < -0.39 is 45.2 Å². The minimum atomic E-state index is -1.96. The van der Waals surface area contributed by atoms with Gasteiger partial charge >= 0.3 is 0 Å². The molecule has 0 spiro atoms. The lowest BCUT2D eigenvalue weighted by atomic mass is 9.56. The second-order valence-electron chi connectivity index (χ2n) is 10.0. The molecule has 1 aromatic carbocycles. The van der Waals surface area contributed by atoms with E-state index in [1.54, 1.807) is 0 Å². The minimum absolute atomic E-state index is 0.0936. The van der Waals surface area contributed by atoms with Gasteiger partial charge in [0.1, 0.15) is 5.75 Å². The number of nitrogens with zero attached hydrogens (tertiary/aromatic N) is 2. The molecule has 2 aromatic rings. The normalized spacial score (nSPS) is 35.0. The number of fused-ring (bicyclic) bond motifs is 4. The van der Waals surface area contributed by atoms with Crippen molar-refractivity contribution in [3.05, 3.63) is 62.8 Å². The summed E-state index contributed by atoms with van der Waals surface area (Å²) in [6.07, 6.45) is 2.00. The van der Waals surface area contributed by atoms with E-state index in [0.29, 0.717) is 10.6 Å². The summed E-state index contributed by atoms with van der Waals surface area (Å²) in [7, 11) is 1.32. The second kappa shape index (κ2) is 8.30. The van der Waals surface area contributed by atoms with Crippen LogP contribution in [0.1, 0.15) is 29.2 Å². The van der Waals surface area contributed by atoms with Crippen LogP contribution >= 0.6 is 46.1 Å². The minimum Gasteiger partial charge on any atom is -0.508 e. The van der Waals surface area contributed by atoms with Crippen molar-refractivity contribution < 1.29 is 24.3 Å². The van der Waals surface area contributed by atoms with Crippen molar-refractivity contribution in [2.45, 2.75) is 35.1 Å². The lowest BCUT2D eigenvalue weighted by Gasteiger charge is -2.50. The predicted molar refractivity (Wildman–Crippen MR) is 138 cm³/mol. The first-order chi connectivity index (χ1) is 17.5. The average molecular weight is 580 g/mol. The maximum atomic E-state index is 13.8. The molecule has 1 N–H and O–H groups in total. The van der Waals surface area contributed by atoms with Gasteiger partial charge in [-0.05, 0) is 48.4 Å². The summed E-state index contributed by atoms with van der Waals surface area (Å²) in [5, 5.41) is 13.0. The van der Waals surface area contributed by atoms with Gasteiger partial charge in [-0.15, -0.1) is 34.5 Å². The molecule has 2 aliphatic heterocycles. The number of imide groups is 2. The first kappa shape index (κ1) is 24.9. The molecule has 4 aliphatic rings. The fraction of sp³-hybridized carbons (Fsp3) is 0.385. The number of phenols is 1. The summed E-state index contributed by atoms with van der Waals surface area (Å²) in [5.41, 5.74) is 0.853. The molecule has 3 fully saturated rings. The number of aromatic hydroxyl groups is 1. The standard InChI is InChI=1S/C26H21Cl3N2O5S/c1-30-23(35)25(28)10-17-14(20(26(25,29)24(30)36)16-9-12(27)4-7-18(16)32)5-6-15-19(17)22(34)31(21(15)33)11-13-3-2-8-37-13/h2-5,7-9,15,17,19-20,32H,6,10-11H2,1H3/t15-,17+,19-,20+,25+,26-/m0/s1. The fourth-order valence-electron chi connectivity index (χ4n) is 6.63. The number of benzene rings is 1. The molecule has 2 aliphatic carbocycles. The predicted octanol–water partition coefficient (Wildman–Crippen LogP) is 4.30. The molecule has 6 rings (SSSR count). The third-order valence-electron chi connectivity index (χ3n) is 8.30. The van der Waals surface area contributed by atoms with E-state index in [2.05, 4.69) is 0 Å². The second-order valence-corrected chi connectivity index (χ2v) is 12.8. The van der Waals surface area contributed by atoms with Gasteiger partial charge in [0.2, 0.25) is 11.8 Å². The Labute approximate surface area is 231 Å². The molecule has 0 bridgehead atoms. The van der Waals surface area contributed by atoms with Gasteiger partial charge in [0, 0.05) is 28.4 Å². The highest BCUT2D eigenvalue weighted by atomic mass is 35.5. The maximum absolute atomic E-state index is 13.8. The molecule has 6 atom stereocenters. The Morgan fingerprint density at radius 2 is 1.84 bits per heavy atom. The van der Waals surface area contributed by atoms with Crippen molar-refractivity contribution in [3.8, 4) is 5.75 Å². The number of likely N-dealkylation sites (tertiary alicyclic amines) is 2. The molecule has 7 nitrogen and oxygen atoms in total. The number of rotatable bonds is 3. The van der Waals surface area contributed by atoms with E-state index in [1.165, 1.54) is 41.5 Å². The van der Waals surface area contributed by atoms with Gasteiger partial charge < -0.3 is 5.11 Å². The Bertz CT molecular complexity index is 1410. The Kier molecular flexibility index (Phi) is 5.59. The zero-order chi connectivity index (χ0) is 26.4. The van der Waals surface area contributed by atoms with Crippen LogP contribution in [0.2, 0.25) is 5.02 Å². The van der Waals surface area contributed by atoms with Crippen LogP contribution < -0.4 is 0 Å². The summed E-state index contributed by atoms with van der Waals surface area (Å²) in [6, 6.07) is 8.11. The highest BCUT2D eigenvalue weighted by Crippen LogP contribution is 2.66. The molecule has 0 radical (unpaired) electrons. The molecule has 4 amide bonds. The number of thiophene rings is 1. The van der Waals surface area contributed by atoms with Crippen LogP contribution in [0, 0.1) is 17.8 Å². The lowest BCUT2D eigenvalue weighted by Crippen LogP contribution is -2.60. The van der Waals surface area contributed by atoms with Gasteiger partial charge in [0.15, 0.2) is 9.75 Å². The Morgan fingerprint density at radius 3 is 2.54 bits per heavy atom. The summed E-state index contributed by atoms with van der Waals surface area (Å²) in [6.45, 7) is 0.175. The molecule has 11 heteroatoms. The van der Waals surface area contributed by atoms with Crippen molar-refractivity contribution in [1.29, 1.82) is 0 Å². The molecular weight excluding hydrogens is 559 g/mol. The lowest BCUT2D eigenvalue weighted by molar-refractivity contribution is -0.141. The Balaban J connectivity index is 1.51. The zero-order valence-electron chi connectivity index (χ0n) is 19.5. The maximum Gasteiger partial charge on any atom is 0.253 e. The Hall–Kier alpha value is -2.39. The molecule has 192 valence electrons. The van der Waals surface area contributed by atoms with Crippen LogP contribution in [0.5, 0.6) is 5.75 Å². The van der Waals surface area contributed by atoms with Crippen molar-refractivity contribution in [2.24, 2.45) is 17.8 Å². The van der Waals surface area contributed by atoms with E-state index in [9.17, 15) is 24.3 Å². The fourth-order valence-corrected chi connectivity index (χ4v) is 8.51. The summed E-state index contributed by atoms with van der Waals surface area (Å²) in [4.78, 5) is 53.3. The third kappa shape index (κ3) is 3.19. The SMILES string of the molecule is CN1C(=O)[C@]2(Cl)C[C@@H]3C(=CC[C@@H]4C(=O)N(Cc5cccs5)C(=O)[C@@H]43)[C@H](c3cc(Cl)ccc3O)[C@]2(Cl)C1=O. The molecule has 0 unspecified atom stereocenters. The quantitative estimate of drug-likeness (QED) is 0.333. The van der Waals surface area contributed by atoms with Gasteiger partial charge in [-0.2, -0.15) is 0 Å². The van der Waals surface area contributed by atoms with E-state index in [-0.39, 0.29) is 42.5 Å². The van der Waals surface area contributed by atoms with E-state index in [0.717, 1.165) is 9.78 Å². The molecule has 2 saturated heterocycles. The number of alkyl halides is 2. The zero-order valence-corrected chi connectivity index (χ0v) is 22.6. The van der Waals surface area contributed by atoms with Gasteiger partial charge in [-0.25, -0.2) is 0 Å². The van der Waals surface area contributed by atoms with Crippen molar-refractivity contribution in [2.75, 3.05) is 7.05 Å². The number of carbonyl (C=O) groups is 4. The molecule has 37 heavy (non-hydrogen) atoms. The number of allylic oxidation sites excluding steroid dienone is 2. The number of hydrogen-bond acceptors (Lipinski definition) is 6. The smallest absolute Gasteiger partial charge is 0.253 e. The van der Waals surface area contributed by atoms with Crippen LogP contribution in [0.25, 0.3) is 0 Å². The van der Waals surface area contributed by atoms with Crippen LogP contribution in [0.15, 0.2) is 47.4 Å².